The molecule has 0 aromatic heterocycles. The quantitative estimate of drug-likeness (QED) is 0.606. The van der Waals surface area contributed by atoms with Gasteiger partial charge in [0.15, 0.2) is 5.78 Å². The summed E-state index contributed by atoms with van der Waals surface area (Å²) in [7, 11) is 1.27. The van der Waals surface area contributed by atoms with E-state index in [1.54, 1.807) is 37.3 Å². The van der Waals surface area contributed by atoms with Crippen LogP contribution in [0, 0.1) is 5.92 Å². The fourth-order valence-corrected chi connectivity index (χ4v) is 4.53. The summed E-state index contributed by atoms with van der Waals surface area (Å²) in [6, 6.07) is 12.1. The van der Waals surface area contributed by atoms with E-state index in [0.29, 0.717) is 38.1 Å². The van der Waals surface area contributed by atoms with Crippen molar-refractivity contribution >= 4 is 45.1 Å². The van der Waals surface area contributed by atoms with Crippen molar-refractivity contribution in [2.75, 3.05) is 13.7 Å². The molecule has 1 heterocycles. The van der Waals surface area contributed by atoms with Crippen LogP contribution >= 0.6 is 15.9 Å². The molecule has 0 fully saturated rings. The summed E-state index contributed by atoms with van der Waals surface area (Å²) in [6.07, 6.45) is 0. The molecule has 2 aliphatic rings. The van der Waals surface area contributed by atoms with E-state index < -0.39 is 30.4 Å². The molecule has 7 nitrogen and oxygen atoms in total. The molecule has 0 saturated heterocycles. The van der Waals surface area contributed by atoms with Crippen molar-refractivity contribution in [3.8, 4) is 5.75 Å². The van der Waals surface area contributed by atoms with Gasteiger partial charge in [-0.05, 0) is 25.1 Å². The van der Waals surface area contributed by atoms with Crippen LogP contribution in [0.5, 0.6) is 5.75 Å². The highest BCUT2D eigenvalue weighted by Gasteiger charge is 2.46. The number of methoxy groups -OCH3 is 1. The van der Waals surface area contributed by atoms with Crippen LogP contribution in [0.3, 0.4) is 0 Å². The number of allylic oxidation sites excluding steroid dienone is 1. The Labute approximate surface area is 186 Å². The molecule has 2 aromatic carbocycles. The van der Waals surface area contributed by atoms with Crippen LogP contribution < -0.4 is 9.84 Å². The number of aliphatic imine (C=N–C) groups is 1. The van der Waals surface area contributed by atoms with E-state index >= 15 is 0 Å². The van der Waals surface area contributed by atoms with Gasteiger partial charge in [-0.1, -0.05) is 40.2 Å². The number of Topliss-reactive ketones (excluding diaryl/α,β-unsaturated/α-hetero) is 1. The Hall–Kier alpha value is -3.26. The number of benzene rings is 2. The molecule has 2 aromatic rings. The fourth-order valence-electron chi connectivity index (χ4n) is 4.15. The van der Waals surface area contributed by atoms with E-state index in [4.69, 9.17) is 9.47 Å². The van der Waals surface area contributed by atoms with Gasteiger partial charge in [0, 0.05) is 38.4 Å². The lowest BCUT2D eigenvalue weighted by Crippen LogP contribution is -2.35. The summed E-state index contributed by atoms with van der Waals surface area (Å²) >= 11 is 3.42. The van der Waals surface area contributed by atoms with Crippen LogP contribution in [0.1, 0.15) is 34.3 Å². The number of rotatable bonds is 5. The van der Waals surface area contributed by atoms with Gasteiger partial charge in [0.2, 0.25) is 0 Å². The molecule has 0 amide bonds. The van der Waals surface area contributed by atoms with Crippen molar-refractivity contribution in [2.45, 2.75) is 12.8 Å². The normalized spacial score (nSPS) is 19.5. The van der Waals surface area contributed by atoms with E-state index in [9.17, 15) is 19.5 Å². The number of halogens is 1. The van der Waals surface area contributed by atoms with E-state index in [1.807, 2.05) is 12.1 Å². The van der Waals surface area contributed by atoms with Gasteiger partial charge in [0.1, 0.15) is 18.3 Å². The first-order valence-corrected chi connectivity index (χ1v) is 10.3. The zero-order valence-electron chi connectivity index (χ0n) is 16.7. The number of hydrogen-bond acceptors (Lipinski definition) is 7. The second kappa shape index (κ2) is 8.11. The predicted molar refractivity (Wildman–Crippen MR) is 114 cm³/mol. The largest absolute Gasteiger partial charge is 0.546 e. The molecule has 4 rings (SSSR count). The van der Waals surface area contributed by atoms with Crippen LogP contribution in [0.15, 0.2) is 57.5 Å². The van der Waals surface area contributed by atoms with Gasteiger partial charge >= 0.3 is 5.97 Å². The first-order chi connectivity index (χ1) is 14.8. The Morgan fingerprint density at radius 2 is 1.87 bits per heavy atom. The molecule has 0 radical (unpaired) electrons. The van der Waals surface area contributed by atoms with Crippen LogP contribution in [-0.2, 0) is 14.3 Å². The minimum Gasteiger partial charge on any atom is -0.546 e. The number of fused-ring (bicyclic) bond motifs is 2. The maximum atomic E-state index is 13.4. The maximum Gasteiger partial charge on any atom is 0.315 e. The van der Waals surface area contributed by atoms with Crippen LogP contribution in [0.25, 0.3) is 5.70 Å². The van der Waals surface area contributed by atoms with Gasteiger partial charge in [-0.2, -0.15) is 0 Å². The third kappa shape index (κ3) is 3.57. The van der Waals surface area contributed by atoms with Gasteiger partial charge in [0.25, 0.3) is 0 Å². The summed E-state index contributed by atoms with van der Waals surface area (Å²) in [5, 5.41) is 11.0. The van der Waals surface area contributed by atoms with Crippen molar-refractivity contribution in [2.24, 2.45) is 10.9 Å². The zero-order chi connectivity index (χ0) is 22.3. The number of nitrogens with zero attached hydrogens (tertiary/aromatic N) is 1. The smallest absolute Gasteiger partial charge is 0.315 e. The predicted octanol–water partition coefficient (Wildman–Crippen LogP) is 2.53. The Balaban J connectivity index is 1.95. The Bertz CT molecular complexity index is 1180. The SMILES string of the molecule is COC(=O)C1C(C)=NC2=C(C(=O)c3ccccc32)[C@@H]1c1cc(Br)ccc1OCC(=O)[O-]. The number of carboxylic acids is 1. The van der Waals surface area contributed by atoms with Crippen molar-refractivity contribution in [1.29, 1.82) is 0 Å². The Morgan fingerprint density at radius 3 is 2.55 bits per heavy atom. The van der Waals surface area contributed by atoms with Crippen LogP contribution in [0.4, 0.5) is 0 Å². The highest BCUT2D eigenvalue weighted by Crippen LogP contribution is 2.50. The molecule has 1 aliphatic heterocycles. The van der Waals surface area contributed by atoms with Gasteiger partial charge in [-0.15, -0.1) is 0 Å². The minimum absolute atomic E-state index is 0.230. The third-order valence-corrected chi connectivity index (χ3v) is 5.91. The van der Waals surface area contributed by atoms with Crippen molar-refractivity contribution in [3.63, 3.8) is 0 Å². The molecular weight excluding hydrogens is 466 g/mol. The number of carbonyl (C=O) groups excluding carboxylic acids is 3. The molecule has 8 heteroatoms. The number of carboxylic acid groups (broad SMARTS) is 1. The number of esters is 1. The van der Waals surface area contributed by atoms with E-state index in [1.165, 1.54) is 7.11 Å². The highest BCUT2D eigenvalue weighted by molar-refractivity contribution is 9.10. The number of aliphatic carboxylic acids is 1. The number of hydrogen-bond donors (Lipinski definition) is 0. The summed E-state index contributed by atoms with van der Waals surface area (Å²) in [4.78, 5) is 41.8. The molecule has 0 saturated carbocycles. The third-order valence-electron chi connectivity index (χ3n) is 5.42. The molecular formula is C23H17BrNO6-. The standard InChI is InChI=1S/C23H18BrNO6/c1-11-18(23(29)30-2)19(15-9-12(24)7-8-16(15)31-10-17(26)27)20-21(25-11)13-5-3-4-6-14(13)22(20)28/h3-9,18-19H,10H2,1-2H3,(H,26,27)/p-1/t18?,19-/m1/s1. The first-order valence-electron chi connectivity index (χ1n) is 9.46. The van der Waals surface area contributed by atoms with Crippen LogP contribution in [0.2, 0.25) is 0 Å². The highest BCUT2D eigenvalue weighted by atomic mass is 79.9. The molecule has 31 heavy (non-hydrogen) atoms. The fraction of sp³-hybridized carbons (Fsp3) is 0.217. The van der Waals surface area contributed by atoms with Crippen molar-refractivity contribution in [3.05, 3.63) is 69.2 Å². The molecule has 2 atom stereocenters. The molecule has 1 unspecified atom stereocenters. The maximum absolute atomic E-state index is 13.4. The lowest BCUT2D eigenvalue weighted by atomic mass is 9.75. The topological polar surface area (TPSA) is 105 Å². The summed E-state index contributed by atoms with van der Waals surface area (Å²) < 4.78 is 11.2. The van der Waals surface area contributed by atoms with Crippen molar-refractivity contribution < 1.29 is 29.0 Å². The molecule has 0 bridgehead atoms. The number of carbonyl (C=O) groups is 3. The lowest BCUT2D eigenvalue weighted by Gasteiger charge is -2.31. The number of ketones is 1. The molecule has 158 valence electrons. The first kappa shape index (κ1) is 21.0. The van der Waals surface area contributed by atoms with Crippen molar-refractivity contribution in [1.82, 2.24) is 0 Å². The van der Waals surface area contributed by atoms with Crippen LogP contribution in [-0.4, -0.2) is 37.2 Å². The van der Waals surface area contributed by atoms with Gasteiger partial charge in [0.05, 0.1) is 18.8 Å². The van der Waals surface area contributed by atoms with Gasteiger partial charge in [-0.25, -0.2) is 0 Å². The minimum atomic E-state index is -1.39. The van der Waals surface area contributed by atoms with E-state index in [-0.39, 0.29) is 11.5 Å². The second-order valence-electron chi connectivity index (χ2n) is 7.21. The van der Waals surface area contributed by atoms with Gasteiger partial charge < -0.3 is 19.4 Å². The Morgan fingerprint density at radius 1 is 1.16 bits per heavy atom. The number of ether oxygens (including phenoxy) is 2. The average molecular weight is 483 g/mol. The monoisotopic (exact) mass is 482 g/mol. The van der Waals surface area contributed by atoms with E-state index in [2.05, 4.69) is 20.9 Å². The molecule has 0 spiro atoms. The average Bonchev–Trinajstić information content (AvgIpc) is 3.03. The van der Waals surface area contributed by atoms with Gasteiger partial charge in [-0.3, -0.25) is 14.6 Å². The molecule has 1 aliphatic carbocycles. The zero-order valence-corrected chi connectivity index (χ0v) is 18.3. The summed E-state index contributed by atoms with van der Waals surface area (Å²) in [5.74, 6) is -3.57. The lowest BCUT2D eigenvalue weighted by molar-refractivity contribution is -0.307. The second-order valence-corrected chi connectivity index (χ2v) is 8.13. The summed E-state index contributed by atoms with van der Waals surface area (Å²) in [5.41, 5.74) is 3.04. The summed E-state index contributed by atoms with van der Waals surface area (Å²) in [6.45, 7) is 1.04. The van der Waals surface area contributed by atoms with E-state index in [0.717, 1.165) is 0 Å². The molecule has 0 N–H and O–H groups in total. The Kier molecular flexibility index (Phi) is 5.49.